The molecule has 23 nitrogen and oxygen atoms in total. The number of hydrogen-bond acceptors (Lipinski definition) is 22. The highest BCUT2D eigenvalue weighted by Crippen LogP contribution is 2.42. The van der Waals surface area contributed by atoms with Crippen LogP contribution in [-0.4, -0.2) is 151 Å². The van der Waals surface area contributed by atoms with Crippen molar-refractivity contribution in [3.8, 4) is 0 Å². The van der Waals surface area contributed by atoms with E-state index in [1.165, 1.54) is 0 Å². The van der Waals surface area contributed by atoms with Crippen molar-refractivity contribution in [3.05, 3.63) is 0 Å². The maximum Gasteiger partial charge on any atom is 0.366 e. The zero-order valence-corrected chi connectivity index (χ0v) is 35.9. The second kappa shape index (κ2) is 22.3. The number of methoxy groups -OCH3 is 1. The van der Waals surface area contributed by atoms with Gasteiger partial charge in [0.1, 0.15) is 37.6 Å². The summed E-state index contributed by atoms with van der Waals surface area (Å²) < 4.78 is 64.2. The molecule has 2 heterocycles. The molecule has 1 amide bonds. The SMILES string of the molecule is COC(=O)[C@@]1(O[C@H]2[C@@H](OC(C)=O)[C@@H](COC(C)=O)OC(OC(=N)C(Cl)(Cl)Cl)[C@@H]2OC(C)=O)C[C@H](OC(C)=O)[C@@H](NC(C)=O)[C@H]([C@H](OC(C)=O)[C@@H](COC(C)=O)OC(C)=O)O1. The van der Waals surface area contributed by atoms with Crippen molar-refractivity contribution in [1.29, 1.82) is 5.41 Å². The fourth-order valence-corrected chi connectivity index (χ4v) is 6.15. The smallest absolute Gasteiger partial charge is 0.366 e. The van der Waals surface area contributed by atoms with Gasteiger partial charge in [0.2, 0.25) is 18.1 Å². The lowest BCUT2D eigenvalue weighted by Crippen LogP contribution is -2.72. The van der Waals surface area contributed by atoms with Crippen molar-refractivity contribution in [2.24, 2.45) is 0 Å². The average Bonchev–Trinajstić information content (AvgIpc) is 3.09. The largest absolute Gasteiger partial charge is 0.465 e. The summed E-state index contributed by atoms with van der Waals surface area (Å²) in [5.41, 5.74) is 0. The third kappa shape index (κ3) is 15.2. The molecule has 11 atom stereocenters. The van der Waals surface area contributed by atoms with Crippen LogP contribution in [0, 0.1) is 5.41 Å². The van der Waals surface area contributed by atoms with E-state index in [1.807, 2.05) is 0 Å². The van der Waals surface area contributed by atoms with E-state index in [9.17, 15) is 43.2 Å². The Balaban J connectivity index is 3.10. The van der Waals surface area contributed by atoms with Gasteiger partial charge in [0, 0.05) is 55.4 Å². The van der Waals surface area contributed by atoms with Crippen LogP contribution in [0.4, 0.5) is 0 Å². The van der Waals surface area contributed by atoms with Crippen molar-refractivity contribution < 1.29 is 100.0 Å². The zero-order valence-electron chi connectivity index (χ0n) is 33.6. The molecular weight excluding hydrogens is 879 g/mol. The van der Waals surface area contributed by atoms with E-state index in [0.29, 0.717) is 0 Å². The minimum atomic E-state index is -3.02. The van der Waals surface area contributed by atoms with Crippen molar-refractivity contribution in [1.82, 2.24) is 5.32 Å². The summed E-state index contributed by atoms with van der Waals surface area (Å²) in [6.45, 7) is 6.12. The molecule has 338 valence electrons. The molecule has 0 radical (unpaired) electrons. The molecule has 0 aliphatic carbocycles. The van der Waals surface area contributed by atoms with E-state index in [-0.39, 0.29) is 0 Å². The quantitative estimate of drug-likeness (QED) is 0.0696. The Bertz CT molecular complexity index is 1660. The van der Waals surface area contributed by atoms with Crippen LogP contribution in [0.5, 0.6) is 0 Å². The van der Waals surface area contributed by atoms with Crippen molar-refractivity contribution in [3.63, 3.8) is 0 Å². The Hall–Kier alpha value is -4.55. The summed E-state index contributed by atoms with van der Waals surface area (Å²) >= 11 is 17.6. The van der Waals surface area contributed by atoms with Gasteiger partial charge in [-0.25, -0.2) is 4.79 Å². The minimum absolute atomic E-state index is 0.773. The summed E-state index contributed by atoms with van der Waals surface area (Å²) in [5, 5.41) is 10.7. The maximum absolute atomic E-state index is 14.2. The van der Waals surface area contributed by atoms with Gasteiger partial charge in [-0.1, -0.05) is 34.8 Å². The Morgan fingerprint density at radius 1 is 0.733 bits per heavy atom. The molecule has 0 saturated carbocycles. The van der Waals surface area contributed by atoms with Gasteiger partial charge in [-0.15, -0.1) is 0 Å². The lowest BCUT2D eigenvalue weighted by Gasteiger charge is -2.51. The van der Waals surface area contributed by atoms with Crippen molar-refractivity contribution >= 4 is 94.4 Å². The molecule has 1 unspecified atom stereocenters. The number of carbonyl (C=O) groups is 9. The van der Waals surface area contributed by atoms with Crippen LogP contribution in [-0.2, 0) is 100.0 Å². The first kappa shape index (κ1) is 51.6. The van der Waals surface area contributed by atoms with Crippen LogP contribution in [0.2, 0.25) is 0 Å². The number of alkyl halides is 3. The predicted molar refractivity (Wildman–Crippen MR) is 196 cm³/mol. The molecule has 0 aromatic heterocycles. The molecule has 2 aliphatic rings. The fourth-order valence-electron chi connectivity index (χ4n) is 6.01. The zero-order chi connectivity index (χ0) is 45.9. The first-order valence-electron chi connectivity index (χ1n) is 17.5. The van der Waals surface area contributed by atoms with Gasteiger partial charge in [0.05, 0.1) is 19.6 Å². The van der Waals surface area contributed by atoms with Gasteiger partial charge in [-0.2, -0.15) is 0 Å². The number of halogens is 3. The third-order valence-electron chi connectivity index (χ3n) is 7.96. The topological polar surface area (TPSA) is 300 Å². The van der Waals surface area contributed by atoms with Gasteiger partial charge in [-0.05, 0) is 0 Å². The second-order valence-electron chi connectivity index (χ2n) is 13.0. The molecular formula is C34H45Cl3N2O21. The van der Waals surface area contributed by atoms with E-state index in [2.05, 4.69) is 5.32 Å². The monoisotopic (exact) mass is 922 g/mol. The average molecular weight is 924 g/mol. The van der Waals surface area contributed by atoms with Gasteiger partial charge in [0.25, 0.3) is 9.58 Å². The molecule has 2 fully saturated rings. The van der Waals surface area contributed by atoms with E-state index in [4.69, 9.17) is 97.1 Å². The van der Waals surface area contributed by atoms with E-state index < -0.39 is 150 Å². The fraction of sp³-hybridized carbons (Fsp3) is 0.706. The van der Waals surface area contributed by atoms with Crippen molar-refractivity contribution in [2.75, 3.05) is 20.3 Å². The van der Waals surface area contributed by atoms with Crippen LogP contribution in [0.15, 0.2) is 0 Å². The molecule has 0 aromatic rings. The second-order valence-corrected chi connectivity index (χ2v) is 15.2. The number of rotatable bonds is 16. The molecule has 2 N–H and O–H groups in total. The van der Waals surface area contributed by atoms with Crippen molar-refractivity contribution in [2.45, 2.75) is 133 Å². The van der Waals surface area contributed by atoms with Gasteiger partial charge >= 0.3 is 47.8 Å². The summed E-state index contributed by atoms with van der Waals surface area (Å²) in [4.78, 5) is 114. The van der Waals surface area contributed by atoms with Crippen LogP contribution < -0.4 is 5.32 Å². The standard InChI is InChI=1S/C34H45Cl3N2O21/c1-13(40)39-24-21(52-16(4)43)10-33(32(48)49-9,59-27(24)25(54-18(6)45)22(53-17(5)44)11-50-14(2)41)60-28-26(55-19(7)46)23(12-51-15(3)42)57-30(29(28)56-20(8)47)58-31(38)34(35,36)37/h21-30,38H,10-12H2,1-9H3,(H,39,40)/t21-,22+,23+,24+,25+,26-,27+,28-,29+,30?,33-/m0/s1. The molecule has 60 heavy (non-hydrogen) atoms. The number of ether oxygens (including phenoxy) is 12. The molecule has 0 spiro atoms. The summed E-state index contributed by atoms with van der Waals surface area (Å²) in [6.07, 6.45) is -18.3. The van der Waals surface area contributed by atoms with Crippen LogP contribution in [0.25, 0.3) is 0 Å². The third-order valence-corrected chi connectivity index (χ3v) is 8.47. The van der Waals surface area contributed by atoms with Crippen LogP contribution in [0.1, 0.15) is 61.8 Å². The number of hydrogen-bond donors (Lipinski definition) is 2. The first-order valence-corrected chi connectivity index (χ1v) is 18.7. The lowest BCUT2D eigenvalue weighted by molar-refractivity contribution is -0.366. The Labute approximate surface area is 357 Å². The van der Waals surface area contributed by atoms with Gasteiger partial charge in [0.15, 0.2) is 24.4 Å². The molecule has 26 heteroatoms. The molecule has 2 saturated heterocycles. The van der Waals surface area contributed by atoms with Crippen LogP contribution >= 0.6 is 34.8 Å². The van der Waals surface area contributed by atoms with E-state index >= 15 is 0 Å². The summed E-state index contributed by atoms with van der Waals surface area (Å²) in [6, 6.07) is -1.63. The van der Waals surface area contributed by atoms with Gasteiger partial charge < -0.3 is 62.2 Å². The molecule has 2 aliphatic heterocycles. The lowest BCUT2D eigenvalue weighted by atomic mass is 9.87. The van der Waals surface area contributed by atoms with E-state index in [1.54, 1.807) is 0 Å². The predicted octanol–water partition coefficient (Wildman–Crippen LogP) is 0.408. The maximum atomic E-state index is 14.2. The van der Waals surface area contributed by atoms with Gasteiger partial charge in [-0.3, -0.25) is 43.8 Å². The Kier molecular flexibility index (Phi) is 19.2. The normalized spacial score (nSPS) is 27.3. The Morgan fingerprint density at radius 3 is 1.75 bits per heavy atom. The number of esters is 8. The number of carbonyl (C=O) groups excluding carboxylic acids is 9. The minimum Gasteiger partial charge on any atom is -0.465 e. The first-order chi connectivity index (χ1) is 27.7. The number of amides is 1. The molecule has 0 aromatic carbocycles. The summed E-state index contributed by atoms with van der Waals surface area (Å²) in [7, 11) is 0.854. The number of nitrogens with one attached hydrogen (secondary N) is 2. The van der Waals surface area contributed by atoms with Crippen LogP contribution in [0.3, 0.4) is 0 Å². The molecule has 2 rings (SSSR count). The van der Waals surface area contributed by atoms with E-state index in [0.717, 1.165) is 62.5 Å². The molecule has 0 bridgehead atoms. The highest BCUT2D eigenvalue weighted by Gasteiger charge is 2.63. The highest BCUT2D eigenvalue weighted by molar-refractivity contribution is 6.76. The summed E-state index contributed by atoms with van der Waals surface area (Å²) in [5.74, 6) is -13.5. The Morgan fingerprint density at radius 2 is 1.28 bits per heavy atom. The highest BCUT2D eigenvalue weighted by atomic mass is 35.6.